The summed E-state index contributed by atoms with van der Waals surface area (Å²) in [6.07, 6.45) is 2.24. The molecule has 3 heteroatoms. The summed E-state index contributed by atoms with van der Waals surface area (Å²) in [5, 5.41) is 3.88. The molecule has 2 rings (SSSR count). The number of aromatic nitrogens is 1. The zero-order chi connectivity index (χ0) is 9.97. The molecule has 3 nitrogen and oxygen atoms in total. The van der Waals surface area contributed by atoms with E-state index in [9.17, 15) is 0 Å². The highest BCUT2D eigenvalue weighted by Gasteiger charge is 2.14. The molecule has 0 aliphatic carbocycles. The van der Waals surface area contributed by atoms with Crippen LogP contribution in [0.2, 0.25) is 0 Å². The Morgan fingerprint density at radius 3 is 2.79 bits per heavy atom. The summed E-state index contributed by atoms with van der Waals surface area (Å²) in [5.41, 5.74) is 2.33. The van der Waals surface area contributed by atoms with Crippen LogP contribution in [0.4, 0.5) is 0 Å². The molecule has 0 N–H and O–H groups in total. The Labute approximate surface area is 84.4 Å². The molecule has 0 amide bonds. The number of nitrogens with zero attached hydrogens (tertiary/aromatic N) is 2. The molecule has 0 unspecified atom stereocenters. The van der Waals surface area contributed by atoms with Crippen LogP contribution in [0.25, 0.3) is 0 Å². The van der Waals surface area contributed by atoms with Crippen LogP contribution in [0.1, 0.15) is 24.3 Å². The Kier molecular flexibility index (Phi) is 2.68. The fraction of sp³-hybridized carbons (Fsp3) is 0.545. The lowest BCUT2D eigenvalue weighted by Crippen LogP contribution is -2.29. The van der Waals surface area contributed by atoms with Crippen molar-refractivity contribution in [3.63, 3.8) is 0 Å². The molecular weight excluding hydrogens is 176 g/mol. The largest absolute Gasteiger partial charge is 0.360 e. The van der Waals surface area contributed by atoms with Crippen molar-refractivity contribution in [2.45, 2.75) is 26.3 Å². The minimum Gasteiger partial charge on any atom is -0.360 e. The van der Waals surface area contributed by atoms with E-state index in [1.807, 2.05) is 13.0 Å². The predicted octanol–water partition coefficient (Wildman–Crippen LogP) is 2.14. The molecule has 0 atom stereocenters. The summed E-state index contributed by atoms with van der Waals surface area (Å²) >= 11 is 0. The lowest BCUT2D eigenvalue weighted by molar-refractivity contribution is 0.218. The molecule has 76 valence electrons. The van der Waals surface area contributed by atoms with E-state index >= 15 is 0 Å². The maximum Gasteiger partial charge on any atom is 0.150 e. The zero-order valence-corrected chi connectivity index (χ0v) is 8.62. The summed E-state index contributed by atoms with van der Waals surface area (Å²) in [6, 6.07) is 2.00. The third-order valence-electron chi connectivity index (χ3n) is 2.62. The third kappa shape index (κ3) is 2.23. The first-order valence-electron chi connectivity index (χ1n) is 5.05. The van der Waals surface area contributed by atoms with Crippen LogP contribution in [0.5, 0.6) is 0 Å². The van der Waals surface area contributed by atoms with E-state index in [0.717, 1.165) is 43.9 Å². The van der Waals surface area contributed by atoms with Gasteiger partial charge in [-0.2, -0.15) is 0 Å². The smallest absolute Gasteiger partial charge is 0.150 e. The Bertz CT molecular complexity index is 320. The van der Waals surface area contributed by atoms with Gasteiger partial charge in [-0.25, -0.2) is 0 Å². The Morgan fingerprint density at radius 1 is 1.50 bits per heavy atom. The maximum atomic E-state index is 5.18. The molecule has 0 spiro atoms. The molecule has 0 saturated carbocycles. The van der Waals surface area contributed by atoms with Crippen LogP contribution < -0.4 is 0 Å². The van der Waals surface area contributed by atoms with E-state index in [4.69, 9.17) is 4.52 Å². The van der Waals surface area contributed by atoms with Gasteiger partial charge in [-0.05, 0) is 19.8 Å². The standard InChI is InChI=1S/C11H16N2O/c1-9-3-5-13(6-4-9)8-11-7-10(2)12-14-11/h7H,1,3-6,8H2,2H3. The van der Waals surface area contributed by atoms with Crippen molar-refractivity contribution in [3.8, 4) is 0 Å². The van der Waals surface area contributed by atoms with Gasteiger partial charge in [0.2, 0.25) is 0 Å². The van der Waals surface area contributed by atoms with Gasteiger partial charge in [0.1, 0.15) is 0 Å². The van der Waals surface area contributed by atoms with Gasteiger partial charge >= 0.3 is 0 Å². The molecule has 1 aromatic rings. The summed E-state index contributed by atoms with van der Waals surface area (Å²) < 4.78 is 5.18. The van der Waals surface area contributed by atoms with Crippen molar-refractivity contribution in [2.24, 2.45) is 0 Å². The molecule has 1 saturated heterocycles. The number of aryl methyl sites for hydroxylation is 1. The molecule has 2 heterocycles. The fourth-order valence-corrected chi connectivity index (χ4v) is 1.74. The van der Waals surface area contributed by atoms with Gasteiger partial charge in [-0.15, -0.1) is 0 Å². The average molecular weight is 192 g/mol. The van der Waals surface area contributed by atoms with Gasteiger partial charge in [0.05, 0.1) is 12.2 Å². The number of hydrogen-bond donors (Lipinski definition) is 0. The van der Waals surface area contributed by atoms with Crippen LogP contribution in [0.15, 0.2) is 22.7 Å². The highest BCUT2D eigenvalue weighted by Crippen LogP contribution is 2.16. The SMILES string of the molecule is C=C1CCN(Cc2cc(C)no2)CC1. The molecule has 14 heavy (non-hydrogen) atoms. The third-order valence-corrected chi connectivity index (χ3v) is 2.62. The minimum atomic E-state index is 0.883. The fourth-order valence-electron chi connectivity index (χ4n) is 1.74. The van der Waals surface area contributed by atoms with Crippen LogP contribution in [0.3, 0.4) is 0 Å². The van der Waals surface area contributed by atoms with Crippen LogP contribution in [-0.2, 0) is 6.54 Å². The zero-order valence-electron chi connectivity index (χ0n) is 8.62. The number of hydrogen-bond acceptors (Lipinski definition) is 3. The molecule has 1 fully saturated rings. The summed E-state index contributed by atoms with van der Waals surface area (Å²) in [5.74, 6) is 0.968. The molecule has 0 radical (unpaired) electrons. The van der Waals surface area contributed by atoms with Crippen molar-refractivity contribution in [1.29, 1.82) is 0 Å². The molecule has 1 aromatic heterocycles. The van der Waals surface area contributed by atoms with Gasteiger partial charge in [-0.1, -0.05) is 17.3 Å². The summed E-state index contributed by atoms with van der Waals surface area (Å²) in [4.78, 5) is 2.38. The first-order valence-corrected chi connectivity index (χ1v) is 5.05. The second-order valence-electron chi connectivity index (χ2n) is 3.96. The first kappa shape index (κ1) is 9.46. The number of piperidine rings is 1. The second kappa shape index (κ2) is 3.96. The van der Waals surface area contributed by atoms with E-state index in [1.54, 1.807) is 0 Å². The highest BCUT2D eigenvalue weighted by molar-refractivity contribution is 5.04. The molecule has 0 aromatic carbocycles. The average Bonchev–Trinajstić information content (AvgIpc) is 2.56. The van der Waals surface area contributed by atoms with Crippen molar-refractivity contribution >= 4 is 0 Å². The van der Waals surface area contributed by atoms with Gasteiger partial charge < -0.3 is 4.52 Å². The lowest BCUT2D eigenvalue weighted by Gasteiger charge is -2.26. The van der Waals surface area contributed by atoms with Gasteiger partial charge in [0.25, 0.3) is 0 Å². The topological polar surface area (TPSA) is 29.3 Å². The molecular formula is C11H16N2O. The molecule has 1 aliphatic rings. The van der Waals surface area contributed by atoms with Crippen molar-refractivity contribution < 1.29 is 4.52 Å². The van der Waals surface area contributed by atoms with Crippen molar-refractivity contribution in [2.75, 3.05) is 13.1 Å². The number of likely N-dealkylation sites (tertiary alicyclic amines) is 1. The summed E-state index contributed by atoms with van der Waals surface area (Å²) in [7, 11) is 0. The summed E-state index contributed by atoms with van der Waals surface area (Å²) in [6.45, 7) is 9.02. The normalized spacial score (nSPS) is 18.8. The van der Waals surface area contributed by atoms with Crippen LogP contribution in [0, 0.1) is 6.92 Å². The van der Waals surface area contributed by atoms with Crippen molar-refractivity contribution in [3.05, 3.63) is 29.7 Å². The van der Waals surface area contributed by atoms with E-state index < -0.39 is 0 Å². The highest BCUT2D eigenvalue weighted by atomic mass is 16.5. The number of rotatable bonds is 2. The van der Waals surface area contributed by atoms with E-state index in [0.29, 0.717) is 0 Å². The van der Waals surface area contributed by atoms with Crippen molar-refractivity contribution in [1.82, 2.24) is 10.1 Å². The first-order chi connectivity index (χ1) is 6.74. The van der Waals surface area contributed by atoms with E-state index in [-0.39, 0.29) is 0 Å². The Morgan fingerprint density at radius 2 is 2.21 bits per heavy atom. The maximum absolute atomic E-state index is 5.18. The van der Waals surface area contributed by atoms with Gasteiger partial charge in [-0.3, -0.25) is 4.90 Å². The van der Waals surface area contributed by atoms with Crippen LogP contribution in [-0.4, -0.2) is 23.1 Å². The molecule has 0 bridgehead atoms. The lowest BCUT2D eigenvalue weighted by atomic mass is 10.1. The Balaban J connectivity index is 1.89. The Hall–Kier alpha value is -1.09. The van der Waals surface area contributed by atoms with E-state index in [1.165, 1.54) is 5.57 Å². The predicted molar refractivity (Wildman–Crippen MR) is 54.9 cm³/mol. The quantitative estimate of drug-likeness (QED) is 0.672. The second-order valence-corrected chi connectivity index (χ2v) is 3.96. The van der Waals surface area contributed by atoms with Gasteiger partial charge in [0.15, 0.2) is 5.76 Å². The minimum absolute atomic E-state index is 0.883. The van der Waals surface area contributed by atoms with Crippen LogP contribution >= 0.6 is 0 Å². The van der Waals surface area contributed by atoms with Gasteiger partial charge in [0, 0.05) is 19.2 Å². The van der Waals surface area contributed by atoms with E-state index in [2.05, 4.69) is 16.6 Å². The molecule has 1 aliphatic heterocycles. The monoisotopic (exact) mass is 192 g/mol.